The van der Waals surface area contributed by atoms with Gasteiger partial charge in [0, 0.05) is 37.7 Å². The van der Waals surface area contributed by atoms with Crippen molar-refractivity contribution in [3.63, 3.8) is 0 Å². The van der Waals surface area contributed by atoms with Gasteiger partial charge in [-0.1, -0.05) is 20.8 Å². The number of aromatic nitrogens is 1. The van der Waals surface area contributed by atoms with Crippen LogP contribution in [0.15, 0.2) is 5.38 Å². The van der Waals surface area contributed by atoms with Gasteiger partial charge in [-0.15, -0.1) is 11.3 Å². The highest BCUT2D eigenvalue weighted by Gasteiger charge is 2.19. The lowest BCUT2D eigenvalue weighted by molar-refractivity contribution is 0.0721. The van der Waals surface area contributed by atoms with E-state index in [4.69, 9.17) is 9.72 Å². The summed E-state index contributed by atoms with van der Waals surface area (Å²) in [5, 5.41) is 6.79. The Kier molecular flexibility index (Phi) is 6.42. The van der Waals surface area contributed by atoms with Gasteiger partial charge in [0.05, 0.1) is 11.8 Å². The first-order chi connectivity index (χ1) is 9.67. The van der Waals surface area contributed by atoms with Crippen LogP contribution in [0, 0.1) is 0 Å². The van der Waals surface area contributed by atoms with Crippen molar-refractivity contribution in [2.45, 2.75) is 58.8 Å². The quantitative estimate of drug-likeness (QED) is 0.800. The van der Waals surface area contributed by atoms with Gasteiger partial charge in [-0.05, 0) is 19.4 Å². The maximum absolute atomic E-state index is 5.72. The molecule has 5 heteroatoms. The van der Waals surface area contributed by atoms with Crippen molar-refractivity contribution in [3.05, 3.63) is 16.1 Å². The van der Waals surface area contributed by atoms with E-state index in [0.717, 1.165) is 32.8 Å². The number of likely N-dealkylation sites (N-methyl/N-ethyl adjacent to an activating group) is 1. The SMILES string of the molecule is CCN(Cc1csc(CNC(C)C)n1)CC1CCCO1. The molecule has 4 nitrogen and oxygen atoms in total. The van der Waals surface area contributed by atoms with Gasteiger partial charge in [0.15, 0.2) is 0 Å². The molecule has 1 N–H and O–H groups in total. The maximum atomic E-state index is 5.72. The Morgan fingerprint density at radius 2 is 2.40 bits per heavy atom. The average Bonchev–Trinajstić information content (AvgIpc) is 3.07. The van der Waals surface area contributed by atoms with Crippen LogP contribution in [0.25, 0.3) is 0 Å². The molecule has 1 aromatic rings. The summed E-state index contributed by atoms with van der Waals surface area (Å²) >= 11 is 1.76. The maximum Gasteiger partial charge on any atom is 0.107 e. The van der Waals surface area contributed by atoms with Crippen LogP contribution in [0.1, 0.15) is 44.3 Å². The molecule has 0 spiro atoms. The molecule has 1 aliphatic heterocycles. The van der Waals surface area contributed by atoms with Crippen LogP contribution in [0.2, 0.25) is 0 Å². The topological polar surface area (TPSA) is 37.4 Å². The summed E-state index contributed by atoms with van der Waals surface area (Å²) in [4.78, 5) is 7.15. The summed E-state index contributed by atoms with van der Waals surface area (Å²) in [6.45, 7) is 11.4. The molecule has 1 saturated heterocycles. The summed E-state index contributed by atoms with van der Waals surface area (Å²) in [7, 11) is 0. The Bertz CT molecular complexity index is 388. The third-order valence-corrected chi connectivity index (χ3v) is 4.48. The van der Waals surface area contributed by atoms with Crippen molar-refractivity contribution in [2.24, 2.45) is 0 Å². The van der Waals surface area contributed by atoms with E-state index in [2.05, 4.69) is 36.4 Å². The lowest BCUT2D eigenvalue weighted by Crippen LogP contribution is -2.31. The molecular weight excluding hydrogens is 270 g/mol. The van der Waals surface area contributed by atoms with Crippen LogP contribution in [-0.4, -0.2) is 41.7 Å². The van der Waals surface area contributed by atoms with Crippen molar-refractivity contribution in [1.82, 2.24) is 15.2 Å². The molecule has 1 aromatic heterocycles. The van der Waals surface area contributed by atoms with Crippen molar-refractivity contribution in [3.8, 4) is 0 Å². The van der Waals surface area contributed by atoms with E-state index >= 15 is 0 Å². The number of ether oxygens (including phenoxy) is 1. The Morgan fingerprint density at radius 1 is 1.55 bits per heavy atom. The molecule has 0 aliphatic carbocycles. The minimum Gasteiger partial charge on any atom is -0.377 e. The summed E-state index contributed by atoms with van der Waals surface area (Å²) in [5.41, 5.74) is 1.19. The van der Waals surface area contributed by atoms with Crippen LogP contribution in [0.3, 0.4) is 0 Å². The second-order valence-corrected chi connectivity index (χ2v) is 6.67. The van der Waals surface area contributed by atoms with Crippen molar-refractivity contribution in [1.29, 1.82) is 0 Å². The van der Waals surface area contributed by atoms with Crippen LogP contribution >= 0.6 is 11.3 Å². The zero-order valence-electron chi connectivity index (χ0n) is 12.9. The third kappa shape index (κ3) is 5.13. The van der Waals surface area contributed by atoms with Gasteiger partial charge in [-0.2, -0.15) is 0 Å². The first-order valence-corrected chi connectivity index (χ1v) is 8.56. The number of hydrogen-bond acceptors (Lipinski definition) is 5. The Balaban J connectivity index is 1.80. The molecule has 1 aliphatic rings. The van der Waals surface area contributed by atoms with Gasteiger partial charge in [0.25, 0.3) is 0 Å². The molecule has 2 heterocycles. The van der Waals surface area contributed by atoms with Crippen LogP contribution < -0.4 is 5.32 Å². The molecule has 1 unspecified atom stereocenters. The van der Waals surface area contributed by atoms with E-state index in [0.29, 0.717) is 12.1 Å². The van der Waals surface area contributed by atoms with E-state index in [1.165, 1.54) is 23.5 Å². The van der Waals surface area contributed by atoms with Crippen molar-refractivity contribution < 1.29 is 4.74 Å². The molecule has 1 atom stereocenters. The normalized spacial score (nSPS) is 19.4. The highest BCUT2D eigenvalue weighted by atomic mass is 32.1. The Morgan fingerprint density at radius 3 is 3.05 bits per heavy atom. The standard InChI is InChI=1S/C15H27N3OS/c1-4-18(10-14-6-5-7-19-14)9-13-11-20-15(17-13)8-16-12(2)3/h11-12,14,16H,4-10H2,1-3H3. The summed E-state index contributed by atoms with van der Waals surface area (Å²) in [6.07, 6.45) is 2.84. The second kappa shape index (κ2) is 8.08. The largest absolute Gasteiger partial charge is 0.377 e. The van der Waals surface area contributed by atoms with Gasteiger partial charge in [0.1, 0.15) is 5.01 Å². The smallest absolute Gasteiger partial charge is 0.107 e. The minimum absolute atomic E-state index is 0.427. The fourth-order valence-corrected chi connectivity index (χ4v) is 3.14. The molecule has 114 valence electrons. The van der Waals surface area contributed by atoms with Gasteiger partial charge in [-0.3, -0.25) is 4.90 Å². The van der Waals surface area contributed by atoms with E-state index in [9.17, 15) is 0 Å². The average molecular weight is 297 g/mol. The lowest BCUT2D eigenvalue weighted by Gasteiger charge is -2.22. The fourth-order valence-electron chi connectivity index (χ4n) is 2.41. The predicted octanol–water partition coefficient (Wildman–Crippen LogP) is 2.64. The highest BCUT2D eigenvalue weighted by Crippen LogP contribution is 2.16. The zero-order chi connectivity index (χ0) is 14.4. The predicted molar refractivity (Wildman–Crippen MR) is 84.0 cm³/mol. The number of rotatable bonds is 8. The molecule has 0 radical (unpaired) electrons. The van der Waals surface area contributed by atoms with E-state index in [-0.39, 0.29) is 0 Å². The lowest BCUT2D eigenvalue weighted by atomic mass is 10.2. The van der Waals surface area contributed by atoms with Gasteiger partial charge in [0.2, 0.25) is 0 Å². The summed E-state index contributed by atoms with van der Waals surface area (Å²) in [6, 6.07) is 0.508. The highest BCUT2D eigenvalue weighted by molar-refractivity contribution is 7.09. The first kappa shape index (κ1) is 15.9. The number of nitrogens with zero attached hydrogens (tertiary/aromatic N) is 2. The fraction of sp³-hybridized carbons (Fsp3) is 0.800. The van der Waals surface area contributed by atoms with Gasteiger partial charge >= 0.3 is 0 Å². The molecule has 2 rings (SSSR count). The number of nitrogens with one attached hydrogen (secondary N) is 1. The Hall–Kier alpha value is -0.490. The summed E-state index contributed by atoms with van der Waals surface area (Å²) < 4.78 is 5.72. The third-order valence-electron chi connectivity index (χ3n) is 3.58. The summed E-state index contributed by atoms with van der Waals surface area (Å²) in [5.74, 6) is 0. The van der Waals surface area contributed by atoms with Crippen LogP contribution in [-0.2, 0) is 17.8 Å². The van der Waals surface area contributed by atoms with Gasteiger partial charge in [-0.25, -0.2) is 4.98 Å². The molecule has 0 aromatic carbocycles. The Labute approximate surface area is 126 Å². The molecule has 20 heavy (non-hydrogen) atoms. The minimum atomic E-state index is 0.427. The molecule has 0 bridgehead atoms. The monoisotopic (exact) mass is 297 g/mol. The first-order valence-electron chi connectivity index (χ1n) is 7.68. The molecular formula is C15H27N3OS. The second-order valence-electron chi connectivity index (χ2n) is 5.73. The van der Waals surface area contributed by atoms with E-state index in [1.54, 1.807) is 11.3 Å². The van der Waals surface area contributed by atoms with E-state index in [1.807, 2.05) is 0 Å². The van der Waals surface area contributed by atoms with Crippen molar-refractivity contribution >= 4 is 11.3 Å². The van der Waals surface area contributed by atoms with Crippen LogP contribution in [0.5, 0.6) is 0 Å². The number of thiazole rings is 1. The number of hydrogen-bond donors (Lipinski definition) is 1. The zero-order valence-corrected chi connectivity index (χ0v) is 13.7. The van der Waals surface area contributed by atoms with Crippen molar-refractivity contribution in [2.75, 3.05) is 19.7 Å². The van der Waals surface area contributed by atoms with Gasteiger partial charge < -0.3 is 10.1 Å². The van der Waals surface area contributed by atoms with Crippen LogP contribution in [0.4, 0.5) is 0 Å². The molecule has 1 fully saturated rings. The van der Waals surface area contributed by atoms with E-state index < -0.39 is 0 Å². The molecule has 0 saturated carbocycles. The molecule has 0 amide bonds.